The first-order valence-electron chi connectivity index (χ1n) is 6.09. The summed E-state index contributed by atoms with van der Waals surface area (Å²) in [5, 5.41) is 8.83. The topological polar surface area (TPSA) is 49.8 Å². The number of carbonyl (C=O) groups is 1. The maximum absolute atomic E-state index is 12.1. The van der Waals surface area contributed by atoms with Gasteiger partial charge in [0.15, 0.2) is 0 Å². The Balaban J connectivity index is 2.75. The van der Waals surface area contributed by atoms with Crippen LogP contribution in [0.1, 0.15) is 18.9 Å². The van der Waals surface area contributed by atoms with Crippen LogP contribution in [0.4, 0.5) is 8.78 Å². The summed E-state index contributed by atoms with van der Waals surface area (Å²) in [4.78, 5) is 12.5. The van der Waals surface area contributed by atoms with Crippen molar-refractivity contribution < 1.29 is 23.4 Å². The average Bonchev–Trinajstić information content (AvgIpc) is 2.31. The number of nitrogens with zero attached hydrogens (tertiary/aromatic N) is 1. The normalized spacial score (nSPS) is 11.1. The molecule has 112 valence electrons. The van der Waals surface area contributed by atoms with Crippen molar-refractivity contribution in [1.29, 1.82) is 0 Å². The van der Waals surface area contributed by atoms with E-state index in [-0.39, 0.29) is 12.3 Å². The van der Waals surface area contributed by atoms with Crippen molar-refractivity contribution in [3.8, 4) is 5.75 Å². The molecule has 0 aromatic heterocycles. The van der Waals surface area contributed by atoms with Crippen LogP contribution in [0.2, 0.25) is 0 Å². The lowest BCUT2D eigenvalue weighted by molar-refractivity contribution is -0.138. The van der Waals surface area contributed by atoms with E-state index in [2.05, 4.69) is 20.7 Å². The number of benzene rings is 1. The zero-order valence-electron chi connectivity index (χ0n) is 11.0. The number of hydrogen-bond donors (Lipinski definition) is 1. The molecule has 0 spiro atoms. The van der Waals surface area contributed by atoms with Gasteiger partial charge in [-0.1, -0.05) is 13.0 Å². The molecule has 0 bridgehead atoms. The maximum atomic E-state index is 12.1. The zero-order chi connectivity index (χ0) is 15.1. The standard InChI is InChI=1S/C13H16BrF2NO3/c1-2-5-17(8-12(18)19)7-9-3-4-11(10(14)6-9)20-13(15)16/h3-4,6,13H,2,5,7-8H2,1H3,(H,18,19). The first-order valence-corrected chi connectivity index (χ1v) is 6.89. The number of halogens is 3. The molecule has 1 aromatic carbocycles. The van der Waals surface area contributed by atoms with Gasteiger partial charge in [-0.3, -0.25) is 9.69 Å². The van der Waals surface area contributed by atoms with Gasteiger partial charge in [0.25, 0.3) is 0 Å². The summed E-state index contributed by atoms with van der Waals surface area (Å²) in [6.07, 6.45) is 0.834. The minimum Gasteiger partial charge on any atom is -0.480 e. The second kappa shape index (κ2) is 8.16. The molecule has 20 heavy (non-hydrogen) atoms. The van der Waals surface area contributed by atoms with Crippen molar-refractivity contribution in [3.05, 3.63) is 28.2 Å². The number of alkyl halides is 2. The quantitative estimate of drug-likeness (QED) is 0.780. The second-order valence-electron chi connectivity index (χ2n) is 4.25. The molecule has 1 N–H and O–H groups in total. The zero-order valence-corrected chi connectivity index (χ0v) is 12.6. The monoisotopic (exact) mass is 351 g/mol. The fourth-order valence-electron chi connectivity index (χ4n) is 1.81. The largest absolute Gasteiger partial charge is 0.480 e. The Labute approximate surface area is 124 Å². The summed E-state index contributed by atoms with van der Waals surface area (Å²) in [5.74, 6) is -0.834. The van der Waals surface area contributed by atoms with E-state index >= 15 is 0 Å². The predicted molar refractivity (Wildman–Crippen MR) is 74.0 cm³/mol. The third-order valence-corrected chi connectivity index (χ3v) is 3.14. The van der Waals surface area contributed by atoms with Crippen LogP contribution in [0.25, 0.3) is 0 Å². The Morgan fingerprint density at radius 3 is 2.70 bits per heavy atom. The van der Waals surface area contributed by atoms with Crippen molar-refractivity contribution in [3.63, 3.8) is 0 Å². The minimum absolute atomic E-state index is 0.0548. The molecule has 0 aliphatic carbocycles. The molecule has 0 amide bonds. The van der Waals surface area contributed by atoms with Gasteiger partial charge >= 0.3 is 12.6 Å². The number of rotatable bonds is 8. The Kier molecular flexibility index (Phi) is 6.87. The lowest BCUT2D eigenvalue weighted by atomic mass is 10.2. The molecular weight excluding hydrogens is 336 g/mol. The fourth-order valence-corrected chi connectivity index (χ4v) is 2.33. The molecule has 0 atom stereocenters. The summed E-state index contributed by atoms with van der Waals surface area (Å²) in [6, 6.07) is 4.74. The fraction of sp³-hybridized carbons (Fsp3) is 0.462. The second-order valence-corrected chi connectivity index (χ2v) is 5.10. The predicted octanol–water partition coefficient (Wildman–Crippen LogP) is 3.35. The van der Waals surface area contributed by atoms with Crippen LogP contribution < -0.4 is 4.74 Å². The van der Waals surface area contributed by atoms with Crippen LogP contribution in [0.5, 0.6) is 5.75 Å². The van der Waals surface area contributed by atoms with Crippen molar-refractivity contribution in [2.24, 2.45) is 0 Å². The highest BCUT2D eigenvalue weighted by molar-refractivity contribution is 9.10. The molecule has 0 fully saturated rings. The summed E-state index contributed by atoms with van der Waals surface area (Å²) in [7, 11) is 0. The third-order valence-electron chi connectivity index (χ3n) is 2.52. The molecule has 1 aromatic rings. The van der Waals surface area contributed by atoms with Gasteiger partial charge < -0.3 is 9.84 Å². The van der Waals surface area contributed by atoms with Gasteiger partial charge in [0.05, 0.1) is 11.0 Å². The van der Waals surface area contributed by atoms with Gasteiger partial charge in [-0.25, -0.2) is 0 Å². The summed E-state index contributed by atoms with van der Waals surface area (Å²) in [5.41, 5.74) is 0.827. The summed E-state index contributed by atoms with van der Waals surface area (Å²) in [6.45, 7) is 0.124. The lowest BCUT2D eigenvalue weighted by Gasteiger charge is -2.20. The van der Waals surface area contributed by atoms with E-state index in [1.807, 2.05) is 6.92 Å². The van der Waals surface area contributed by atoms with E-state index in [9.17, 15) is 13.6 Å². The van der Waals surface area contributed by atoms with Crippen molar-refractivity contribution in [2.45, 2.75) is 26.5 Å². The van der Waals surface area contributed by atoms with Gasteiger partial charge in [0, 0.05) is 6.54 Å². The third kappa shape index (κ3) is 5.83. The molecule has 0 saturated heterocycles. The van der Waals surface area contributed by atoms with E-state index in [0.29, 0.717) is 17.6 Å². The van der Waals surface area contributed by atoms with Gasteiger partial charge in [-0.05, 0) is 46.6 Å². The summed E-state index contributed by atoms with van der Waals surface area (Å²) < 4.78 is 29.0. The molecule has 0 unspecified atom stereocenters. The highest BCUT2D eigenvalue weighted by Gasteiger charge is 2.12. The first kappa shape index (κ1) is 16.8. The van der Waals surface area contributed by atoms with Crippen LogP contribution in [0, 0.1) is 0 Å². The number of carboxylic acid groups (broad SMARTS) is 1. The Morgan fingerprint density at radius 2 is 2.20 bits per heavy atom. The van der Waals surface area contributed by atoms with Crippen LogP contribution in [0.3, 0.4) is 0 Å². The van der Waals surface area contributed by atoms with Gasteiger partial charge in [0.1, 0.15) is 5.75 Å². The molecule has 0 saturated carbocycles. The van der Waals surface area contributed by atoms with Crippen LogP contribution in [-0.4, -0.2) is 35.7 Å². The van der Waals surface area contributed by atoms with E-state index in [1.54, 1.807) is 17.0 Å². The highest BCUT2D eigenvalue weighted by atomic mass is 79.9. The van der Waals surface area contributed by atoms with E-state index in [1.165, 1.54) is 6.07 Å². The van der Waals surface area contributed by atoms with Gasteiger partial charge in [-0.15, -0.1) is 0 Å². The van der Waals surface area contributed by atoms with E-state index in [0.717, 1.165) is 12.0 Å². The van der Waals surface area contributed by atoms with E-state index < -0.39 is 12.6 Å². The molecule has 4 nitrogen and oxygen atoms in total. The highest BCUT2D eigenvalue weighted by Crippen LogP contribution is 2.27. The summed E-state index contributed by atoms with van der Waals surface area (Å²) >= 11 is 3.16. The van der Waals surface area contributed by atoms with Crippen LogP contribution in [-0.2, 0) is 11.3 Å². The number of aliphatic carboxylic acids is 1. The van der Waals surface area contributed by atoms with Crippen LogP contribution >= 0.6 is 15.9 Å². The Hall–Kier alpha value is -1.21. The minimum atomic E-state index is -2.87. The molecule has 0 radical (unpaired) electrons. The molecule has 1 rings (SSSR count). The Bertz CT molecular complexity index is 457. The SMILES string of the molecule is CCCN(CC(=O)O)Cc1ccc(OC(F)F)c(Br)c1. The molecule has 7 heteroatoms. The van der Waals surface area contributed by atoms with E-state index in [4.69, 9.17) is 5.11 Å². The van der Waals surface area contributed by atoms with Gasteiger partial charge in [-0.2, -0.15) is 8.78 Å². The van der Waals surface area contributed by atoms with Crippen molar-refractivity contribution in [2.75, 3.05) is 13.1 Å². The van der Waals surface area contributed by atoms with Crippen molar-refractivity contribution >= 4 is 21.9 Å². The molecular formula is C13H16BrF2NO3. The van der Waals surface area contributed by atoms with Gasteiger partial charge in [0.2, 0.25) is 0 Å². The van der Waals surface area contributed by atoms with Crippen LogP contribution in [0.15, 0.2) is 22.7 Å². The first-order chi connectivity index (χ1) is 9.42. The average molecular weight is 352 g/mol. The Morgan fingerprint density at radius 1 is 1.50 bits per heavy atom. The number of hydrogen-bond acceptors (Lipinski definition) is 3. The molecule has 0 heterocycles. The maximum Gasteiger partial charge on any atom is 0.387 e. The molecule has 0 aliphatic heterocycles. The smallest absolute Gasteiger partial charge is 0.387 e. The molecule has 0 aliphatic rings. The van der Waals surface area contributed by atoms with Crippen molar-refractivity contribution in [1.82, 2.24) is 4.90 Å². The number of ether oxygens (including phenoxy) is 1. The lowest BCUT2D eigenvalue weighted by Crippen LogP contribution is -2.30. The number of carboxylic acids is 1.